The van der Waals surface area contributed by atoms with E-state index < -0.39 is 29.6 Å². The van der Waals surface area contributed by atoms with Gasteiger partial charge in [0.2, 0.25) is 0 Å². The van der Waals surface area contributed by atoms with Gasteiger partial charge in [0.15, 0.2) is 0 Å². The first kappa shape index (κ1) is 21.0. The fraction of sp³-hybridized carbons (Fsp3) is 0.471. The van der Waals surface area contributed by atoms with Crippen molar-refractivity contribution in [1.29, 1.82) is 0 Å². The molecule has 1 aromatic rings. The van der Waals surface area contributed by atoms with Crippen LogP contribution in [0.4, 0.5) is 5.69 Å². The molecule has 28 heavy (non-hydrogen) atoms. The van der Waals surface area contributed by atoms with Crippen LogP contribution in [0.15, 0.2) is 29.4 Å². The monoisotopic (exact) mass is 391 g/mol. The Morgan fingerprint density at radius 1 is 1.14 bits per heavy atom. The molecule has 1 unspecified atom stereocenters. The molecule has 0 bridgehead atoms. The minimum absolute atomic E-state index is 0.0273. The van der Waals surface area contributed by atoms with Gasteiger partial charge in [-0.3, -0.25) is 4.90 Å². The molecular weight excluding hydrogens is 370 g/mol. The number of anilines is 1. The molecule has 11 nitrogen and oxygen atoms in total. The maximum Gasteiger partial charge on any atom is 0.359 e. The maximum atomic E-state index is 12.8. The third-order valence-electron chi connectivity index (χ3n) is 4.74. The van der Waals surface area contributed by atoms with E-state index in [1.165, 1.54) is 43.3 Å². The third kappa shape index (κ3) is 3.32. The number of benzene rings is 1. The number of rotatable bonds is 6. The van der Waals surface area contributed by atoms with E-state index in [1.807, 2.05) is 0 Å². The first-order valence-corrected chi connectivity index (χ1v) is 8.25. The third-order valence-corrected chi connectivity index (χ3v) is 4.74. The molecule has 150 valence electrons. The fourth-order valence-electron chi connectivity index (χ4n) is 3.29. The second kappa shape index (κ2) is 8.59. The maximum absolute atomic E-state index is 12.8. The molecule has 0 aliphatic carbocycles. The summed E-state index contributed by atoms with van der Waals surface area (Å²) < 4.78 is 14.5. The zero-order chi connectivity index (χ0) is 20.9. The first-order chi connectivity index (χ1) is 13.4. The average Bonchev–Trinajstić information content (AvgIpc) is 3.03. The predicted octanol–water partition coefficient (Wildman–Crippen LogP) is 0.946. The molecule has 0 aromatic heterocycles. The van der Waals surface area contributed by atoms with Crippen molar-refractivity contribution in [2.45, 2.75) is 11.7 Å². The Balaban J connectivity index is 2.58. The lowest BCUT2D eigenvalue weighted by atomic mass is 10.1. The Kier molecular flexibility index (Phi) is 6.45. The fourth-order valence-corrected chi connectivity index (χ4v) is 3.29. The average molecular weight is 391 g/mol. The number of carbonyl (C=O) groups is 3. The molecular formula is C17H21N5O6. The van der Waals surface area contributed by atoms with E-state index >= 15 is 0 Å². The van der Waals surface area contributed by atoms with Crippen LogP contribution in [-0.2, 0) is 23.8 Å². The summed E-state index contributed by atoms with van der Waals surface area (Å²) >= 11 is 0. The van der Waals surface area contributed by atoms with Crippen molar-refractivity contribution in [3.8, 4) is 0 Å². The number of hydrogen-bond donors (Lipinski definition) is 0. The summed E-state index contributed by atoms with van der Waals surface area (Å²) in [6.45, 7) is 0.205. The van der Waals surface area contributed by atoms with Crippen molar-refractivity contribution >= 4 is 23.6 Å². The summed E-state index contributed by atoms with van der Waals surface area (Å²) in [5.41, 5.74) is 7.51. The zero-order valence-electron chi connectivity index (χ0n) is 16.0. The minimum atomic E-state index is -1.91. The summed E-state index contributed by atoms with van der Waals surface area (Å²) in [4.78, 5) is 43.0. The van der Waals surface area contributed by atoms with Crippen molar-refractivity contribution in [3.05, 3.63) is 40.3 Å². The van der Waals surface area contributed by atoms with Gasteiger partial charge in [-0.05, 0) is 36.8 Å². The van der Waals surface area contributed by atoms with Crippen molar-refractivity contribution in [2.24, 2.45) is 5.11 Å². The van der Waals surface area contributed by atoms with E-state index in [4.69, 9.17) is 15.0 Å². The number of azide groups is 1. The molecule has 0 N–H and O–H groups in total. The van der Waals surface area contributed by atoms with Crippen LogP contribution in [0.25, 0.3) is 10.4 Å². The molecule has 2 rings (SSSR count). The van der Waals surface area contributed by atoms with E-state index in [9.17, 15) is 14.4 Å². The summed E-state index contributed by atoms with van der Waals surface area (Å²) in [5, 5.41) is 3.56. The van der Waals surface area contributed by atoms with E-state index in [-0.39, 0.29) is 13.1 Å². The molecule has 1 aromatic carbocycles. The van der Waals surface area contributed by atoms with Crippen LogP contribution >= 0.6 is 0 Å². The number of esters is 3. The lowest BCUT2D eigenvalue weighted by molar-refractivity contribution is -0.169. The van der Waals surface area contributed by atoms with Crippen molar-refractivity contribution in [3.63, 3.8) is 0 Å². The van der Waals surface area contributed by atoms with E-state index in [0.717, 1.165) is 0 Å². The van der Waals surface area contributed by atoms with Gasteiger partial charge in [0.05, 0.1) is 26.9 Å². The van der Waals surface area contributed by atoms with E-state index in [2.05, 4.69) is 14.8 Å². The first-order valence-electron chi connectivity index (χ1n) is 8.25. The van der Waals surface area contributed by atoms with Crippen molar-refractivity contribution < 1.29 is 28.6 Å². The lowest BCUT2D eigenvalue weighted by Crippen LogP contribution is -2.65. The van der Waals surface area contributed by atoms with Crippen molar-refractivity contribution in [1.82, 2.24) is 4.90 Å². The Labute approximate surface area is 161 Å². The Morgan fingerprint density at radius 3 is 2.18 bits per heavy atom. The van der Waals surface area contributed by atoms with Gasteiger partial charge in [-0.25, -0.2) is 14.4 Å². The van der Waals surface area contributed by atoms with E-state index in [0.29, 0.717) is 11.3 Å². The number of likely N-dealkylation sites (N-methyl/N-ethyl adjacent to an activating group) is 1. The second-order valence-electron chi connectivity index (χ2n) is 5.98. The normalized spacial score (nSPS) is 18.1. The molecule has 1 aliphatic rings. The smallest absolute Gasteiger partial charge is 0.359 e. The molecule has 0 radical (unpaired) electrons. The van der Waals surface area contributed by atoms with Crippen LogP contribution in [-0.4, -0.2) is 76.0 Å². The topological polar surface area (TPSA) is 134 Å². The highest BCUT2D eigenvalue weighted by atomic mass is 16.6. The highest BCUT2D eigenvalue weighted by Gasteiger charge is 2.63. The molecule has 1 saturated heterocycles. The van der Waals surface area contributed by atoms with Crippen LogP contribution in [0, 0.1) is 0 Å². The predicted molar refractivity (Wildman–Crippen MR) is 97.5 cm³/mol. The van der Waals surface area contributed by atoms with E-state index in [1.54, 1.807) is 19.2 Å². The van der Waals surface area contributed by atoms with Crippen LogP contribution < -0.4 is 4.90 Å². The molecule has 11 heteroatoms. The summed E-state index contributed by atoms with van der Waals surface area (Å²) in [6.07, 6.45) is 0. The highest BCUT2D eigenvalue weighted by Crippen LogP contribution is 2.37. The number of carbonyl (C=O) groups excluding carboxylic acids is 3. The van der Waals surface area contributed by atoms with Gasteiger partial charge in [0.1, 0.15) is 0 Å². The highest BCUT2D eigenvalue weighted by molar-refractivity contribution is 6.08. The van der Waals surface area contributed by atoms with Crippen molar-refractivity contribution in [2.75, 3.05) is 46.4 Å². The molecule has 0 saturated carbocycles. The lowest BCUT2D eigenvalue weighted by Gasteiger charge is -2.38. The van der Waals surface area contributed by atoms with Crippen LogP contribution in [0.1, 0.15) is 10.4 Å². The van der Waals surface area contributed by atoms with Gasteiger partial charge in [0.25, 0.3) is 5.66 Å². The van der Waals surface area contributed by atoms with Gasteiger partial charge in [0, 0.05) is 29.7 Å². The van der Waals surface area contributed by atoms with Crippen LogP contribution in [0.3, 0.4) is 0 Å². The molecule has 1 heterocycles. The molecule has 0 amide bonds. The van der Waals surface area contributed by atoms with Gasteiger partial charge in [-0.1, -0.05) is 5.11 Å². The standard InChI is InChI=1S/C17H21N5O6/c1-21-13(9-19-20-18)10-22(17(21,15(24)27-3)16(25)28-4)12-7-5-11(6-8-12)14(23)26-2/h5-8,13H,9-10H2,1-4H3. The second-order valence-corrected chi connectivity index (χ2v) is 5.98. The number of nitrogens with zero attached hydrogens (tertiary/aromatic N) is 5. The molecule has 1 atom stereocenters. The summed E-state index contributed by atoms with van der Waals surface area (Å²) in [6, 6.07) is 5.73. The van der Waals surface area contributed by atoms with Crippen LogP contribution in [0.5, 0.6) is 0 Å². The van der Waals surface area contributed by atoms with Gasteiger partial charge >= 0.3 is 17.9 Å². The molecule has 0 spiro atoms. The summed E-state index contributed by atoms with van der Waals surface area (Å²) in [5.74, 6) is -2.21. The SMILES string of the molecule is COC(=O)c1ccc(N2CC(CN=[N+]=[N-])N(C)C2(C(=O)OC)C(=O)OC)cc1. The van der Waals surface area contributed by atoms with Gasteiger partial charge in [-0.15, -0.1) is 0 Å². The van der Waals surface area contributed by atoms with Gasteiger partial charge < -0.3 is 19.1 Å². The Bertz CT molecular complexity index is 789. The quantitative estimate of drug-likeness (QED) is 0.175. The molecule has 1 aliphatic heterocycles. The zero-order valence-corrected chi connectivity index (χ0v) is 16.0. The Morgan fingerprint density at radius 2 is 1.71 bits per heavy atom. The molecule has 1 fully saturated rings. The minimum Gasteiger partial charge on any atom is -0.466 e. The summed E-state index contributed by atoms with van der Waals surface area (Å²) in [7, 11) is 5.15. The number of methoxy groups -OCH3 is 3. The largest absolute Gasteiger partial charge is 0.466 e. The number of hydrogen-bond acceptors (Lipinski definition) is 9. The van der Waals surface area contributed by atoms with Gasteiger partial charge in [-0.2, -0.15) is 0 Å². The number of ether oxygens (including phenoxy) is 3. The Hall–Kier alpha value is -3.30. The van der Waals surface area contributed by atoms with Crippen LogP contribution in [0.2, 0.25) is 0 Å².